The summed E-state index contributed by atoms with van der Waals surface area (Å²) in [6.45, 7) is 2.15. The Morgan fingerprint density at radius 1 is 1.06 bits per heavy atom. The monoisotopic (exact) mass is 253 g/mol. The Labute approximate surface area is 108 Å². The van der Waals surface area contributed by atoms with Crippen molar-refractivity contribution in [3.8, 4) is 0 Å². The Hall–Kier alpha value is -1.06. The lowest BCUT2D eigenvalue weighted by atomic mass is 9.85. The lowest BCUT2D eigenvalue weighted by Crippen LogP contribution is -2.42. The van der Waals surface area contributed by atoms with Gasteiger partial charge >= 0.3 is 5.97 Å². The normalized spacial score (nSPS) is 36.3. The van der Waals surface area contributed by atoms with Gasteiger partial charge in [0.1, 0.15) is 0 Å². The summed E-state index contributed by atoms with van der Waals surface area (Å²) in [5, 5.41) is 12.0. The number of aliphatic carboxylic acids is 1. The van der Waals surface area contributed by atoms with E-state index < -0.39 is 5.97 Å². The van der Waals surface area contributed by atoms with Crippen LogP contribution in [-0.4, -0.2) is 23.0 Å². The van der Waals surface area contributed by atoms with Crippen molar-refractivity contribution in [1.29, 1.82) is 0 Å². The third-order valence-corrected chi connectivity index (χ3v) is 4.62. The number of carbonyl (C=O) groups excluding carboxylic acids is 1. The average Bonchev–Trinajstić information content (AvgIpc) is 2.76. The van der Waals surface area contributed by atoms with E-state index in [0.717, 1.165) is 32.1 Å². The molecule has 0 bridgehead atoms. The van der Waals surface area contributed by atoms with Crippen LogP contribution in [0.4, 0.5) is 0 Å². The lowest BCUT2D eigenvalue weighted by molar-refractivity contribution is -0.142. The van der Waals surface area contributed by atoms with Crippen molar-refractivity contribution in [2.45, 2.75) is 57.9 Å². The molecule has 0 aromatic rings. The minimum Gasteiger partial charge on any atom is -0.481 e. The third kappa shape index (κ3) is 3.03. The van der Waals surface area contributed by atoms with E-state index in [1.54, 1.807) is 0 Å². The summed E-state index contributed by atoms with van der Waals surface area (Å²) in [6, 6.07) is 0.195. The Morgan fingerprint density at radius 2 is 1.72 bits per heavy atom. The van der Waals surface area contributed by atoms with E-state index in [4.69, 9.17) is 5.11 Å². The molecule has 2 aliphatic carbocycles. The second-order valence-electron chi connectivity index (χ2n) is 5.91. The van der Waals surface area contributed by atoms with Crippen LogP contribution in [0.3, 0.4) is 0 Å². The maximum Gasteiger partial charge on any atom is 0.306 e. The van der Waals surface area contributed by atoms with Crippen molar-refractivity contribution in [3.05, 3.63) is 0 Å². The molecule has 2 fully saturated rings. The highest BCUT2D eigenvalue weighted by atomic mass is 16.4. The van der Waals surface area contributed by atoms with E-state index in [2.05, 4.69) is 12.2 Å². The standard InChI is InChI=1S/C14H23NO3/c1-9-3-2-4-12(9)13(16)15-11-7-5-10(6-8-11)14(17)18/h9-12H,2-8H2,1H3,(H,15,16)(H,17,18). The summed E-state index contributed by atoms with van der Waals surface area (Å²) >= 11 is 0. The Bertz CT molecular complexity index is 321. The summed E-state index contributed by atoms with van der Waals surface area (Å²) in [6.07, 6.45) is 6.33. The van der Waals surface area contributed by atoms with Crippen LogP contribution in [0, 0.1) is 17.8 Å². The van der Waals surface area contributed by atoms with Gasteiger partial charge in [0, 0.05) is 12.0 Å². The topological polar surface area (TPSA) is 66.4 Å². The highest BCUT2D eigenvalue weighted by Gasteiger charge is 2.32. The van der Waals surface area contributed by atoms with Crippen LogP contribution in [0.5, 0.6) is 0 Å². The van der Waals surface area contributed by atoms with Gasteiger partial charge in [0.05, 0.1) is 5.92 Å². The van der Waals surface area contributed by atoms with E-state index in [9.17, 15) is 9.59 Å². The number of hydrogen-bond acceptors (Lipinski definition) is 2. The third-order valence-electron chi connectivity index (χ3n) is 4.62. The zero-order valence-electron chi connectivity index (χ0n) is 11.0. The van der Waals surface area contributed by atoms with Gasteiger partial charge in [-0.1, -0.05) is 13.3 Å². The highest BCUT2D eigenvalue weighted by molar-refractivity contribution is 5.79. The molecular formula is C14H23NO3. The van der Waals surface area contributed by atoms with Gasteiger partial charge in [-0.25, -0.2) is 0 Å². The molecule has 0 saturated heterocycles. The first-order chi connectivity index (χ1) is 8.58. The molecule has 1 amide bonds. The highest BCUT2D eigenvalue weighted by Crippen LogP contribution is 2.32. The molecule has 2 rings (SSSR count). The fourth-order valence-electron chi connectivity index (χ4n) is 3.33. The van der Waals surface area contributed by atoms with Crippen LogP contribution in [0.2, 0.25) is 0 Å². The maximum atomic E-state index is 12.1. The smallest absolute Gasteiger partial charge is 0.306 e. The predicted octanol–water partition coefficient (Wildman–Crippen LogP) is 2.18. The molecular weight excluding hydrogens is 230 g/mol. The number of nitrogens with one attached hydrogen (secondary N) is 1. The first-order valence-corrected chi connectivity index (χ1v) is 7.11. The number of hydrogen-bond donors (Lipinski definition) is 2. The maximum absolute atomic E-state index is 12.1. The van der Waals surface area contributed by atoms with Gasteiger partial charge in [0.25, 0.3) is 0 Å². The number of amides is 1. The molecule has 0 aliphatic heterocycles. The molecule has 102 valence electrons. The van der Waals surface area contributed by atoms with Crippen LogP contribution >= 0.6 is 0 Å². The fraction of sp³-hybridized carbons (Fsp3) is 0.857. The van der Waals surface area contributed by atoms with Crippen LogP contribution in [0.1, 0.15) is 51.9 Å². The summed E-state index contributed by atoms with van der Waals surface area (Å²) in [4.78, 5) is 23.0. The molecule has 0 aromatic carbocycles. The zero-order valence-corrected chi connectivity index (χ0v) is 11.0. The van der Waals surface area contributed by atoms with Gasteiger partial charge < -0.3 is 10.4 Å². The molecule has 0 heterocycles. The lowest BCUT2D eigenvalue weighted by Gasteiger charge is -2.28. The van der Waals surface area contributed by atoms with Gasteiger partial charge in [-0.3, -0.25) is 9.59 Å². The van der Waals surface area contributed by atoms with Crippen LogP contribution < -0.4 is 5.32 Å². The SMILES string of the molecule is CC1CCCC1C(=O)NC1CCC(C(=O)O)CC1. The van der Waals surface area contributed by atoms with E-state index in [1.807, 2.05) is 0 Å². The molecule has 4 nitrogen and oxygen atoms in total. The second-order valence-corrected chi connectivity index (χ2v) is 5.91. The zero-order chi connectivity index (χ0) is 13.1. The molecule has 2 saturated carbocycles. The summed E-state index contributed by atoms with van der Waals surface area (Å²) in [5.74, 6) is -0.0194. The minimum atomic E-state index is -0.691. The Morgan fingerprint density at radius 3 is 2.22 bits per heavy atom. The Balaban J connectivity index is 1.77. The van der Waals surface area contributed by atoms with Gasteiger partial charge in [-0.05, 0) is 44.4 Å². The van der Waals surface area contributed by atoms with Crippen molar-refractivity contribution in [1.82, 2.24) is 5.32 Å². The van der Waals surface area contributed by atoms with Crippen LogP contribution in [0.15, 0.2) is 0 Å². The fourth-order valence-corrected chi connectivity index (χ4v) is 3.33. The summed E-state index contributed by atoms with van der Waals surface area (Å²) in [7, 11) is 0. The minimum absolute atomic E-state index is 0.183. The first kappa shape index (κ1) is 13.4. The number of carboxylic acid groups (broad SMARTS) is 1. The van der Waals surface area contributed by atoms with E-state index in [-0.39, 0.29) is 23.8 Å². The number of rotatable bonds is 3. The van der Waals surface area contributed by atoms with Crippen molar-refractivity contribution < 1.29 is 14.7 Å². The summed E-state index contributed by atoms with van der Waals surface area (Å²) in [5.41, 5.74) is 0. The molecule has 0 aromatic heterocycles. The number of carbonyl (C=O) groups is 2. The molecule has 4 heteroatoms. The molecule has 0 spiro atoms. The van der Waals surface area contributed by atoms with Gasteiger partial charge in [0.2, 0.25) is 5.91 Å². The van der Waals surface area contributed by atoms with Crippen LogP contribution in [0.25, 0.3) is 0 Å². The predicted molar refractivity (Wildman–Crippen MR) is 68.0 cm³/mol. The van der Waals surface area contributed by atoms with E-state index in [0.29, 0.717) is 18.8 Å². The second kappa shape index (κ2) is 5.72. The molecule has 2 atom stereocenters. The van der Waals surface area contributed by atoms with Crippen molar-refractivity contribution in [2.24, 2.45) is 17.8 Å². The van der Waals surface area contributed by atoms with Gasteiger partial charge in [0.15, 0.2) is 0 Å². The average molecular weight is 253 g/mol. The molecule has 2 unspecified atom stereocenters. The molecule has 2 N–H and O–H groups in total. The van der Waals surface area contributed by atoms with E-state index >= 15 is 0 Å². The number of carboxylic acids is 1. The van der Waals surface area contributed by atoms with Crippen molar-refractivity contribution >= 4 is 11.9 Å². The van der Waals surface area contributed by atoms with E-state index in [1.165, 1.54) is 0 Å². The Kier molecular flexibility index (Phi) is 4.25. The molecule has 18 heavy (non-hydrogen) atoms. The summed E-state index contributed by atoms with van der Waals surface area (Å²) < 4.78 is 0. The van der Waals surface area contributed by atoms with Gasteiger partial charge in [-0.15, -0.1) is 0 Å². The quantitative estimate of drug-likeness (QED) is 0.810. The van der Waals surface area contributed by atoms with Gasteiger partial charge in [-0.2, -0.15) is 0 Å². The van der Waals surface area contributed by atoms with Crippen LogP contribution in [-0.2, 0) is 9.59 Å². The largest absolute Gasteiger partial charge is 0.481 e. The first-order valence-electron chi connectivity index (χ1n) is 7.11. The molecule has 2 aliphatic rings. The molecule has 0 radical (unpaired) electrons. The van der Waals surface area contributed by atoms with Crippen molar-refractivity contribution in [3.63, 3.8) is 0 Å². The van der Waals surface area contributed by atoms with Crippen molar-refractivity contribution in [2.75, 3.05) is 0 Å².